The first-order valence-electron chi connectivity index (χ1n) is 6.99. The standard InChI is InChI=1S/C15H18N2O/c18-15-14(10-6-7-10)17-13-3-1-2-11(9-4-5-9)12(13)8-16-15/h1-3,9-10,14,17H,4-8H2,(H,16,18). The van der Waals surface area contributed by atoms with Crippen LogP contribution in [0.3, 0.4) is 0 Å². The van der Waals surface area contributed by atoms with Crippen LogP contribution >= 0.6 is 0 Å². The van der Waals surface area contributed by atoms with E-state index in [1.165, 1.54) is 42.5 Å². The van der Waals surface area contributed by atoms with E-state index in [9.17, 15) is 4.79 Å². The molecule has 1 unspecified atom stereocenters. The molecule has 1 heterocycles. The number of hydrogen-bond acceptors (Lipinski definition) is 2. The van der Waals surface area contributed by atoms with Gasteiger partial charge in [-0.15, -0.1) is 0 Å². The van der Waals surface area contributed by atoms with Gasteiger partial charge >= 0.3 is 0 Å². The highest BCUT2D eigenvalue weighted by atomic mass is 16.2. The Labute approximate surface area is 107 Å². The van der Waals surface area contributed by atoms with Crippen LogP contribution in [-0.4, -0.2) is 11.9 Å². The van der Waals surface area contributed by atoms with E-state index < -0.39 is 0 Å². The zero-order chi connectivity index (χ0) is 12.1. The van der Waals surface area contributed by atoms with Crippen molar-refractivity contribution in [1.29, 1.82) is 0 Å². The Morgan fingerprint density at radius 2 is 1.94 bits per heavy atom. The molecule has 3 heteroatoms. The fourth-order valence-electron chi connectivity index (χ4n) is 2.99. The van der Waals surface area contributed by atoms with Crippen molar-refractivity contribution in [2.45, 2.75) is 44.2 Å². The molecule has 2 fully saturated rings. The monoisotopic (exact) mass is 242 g/mol. The third-order valence-corrected chi connectivity index (χ3v) is 4.36. The van der Waals surface area contributed by atoms with Gasteiger partial charge in [0.25, 0.3) is 0 Å². The zero-order valence-corrected chi connectivity index (χ0v) is 10.4. The molecule has 3 aliphatic rings. The lowest BCUT2D eigenvalue weighted by Gasteiger charge is -2.16. The lowest BCUT2D eigenvalue weighted by atomic mass is 10.0. The van der Waals surface area contributed by atoms with Gasteiger partial charge in [-0.25, -0.2) is 0 Å². The predicted molar refractivity (Wildman–Crippen MR) is 70.4 cm³/mol. The molecule has 2 N–H and O–H groups in total. The Hall–Kier alpha value is -1.51. The Morgan fingerprint density at radius 3 is 2.67 bits per heavy atom. The first-order chi connectivity index (χ1) is 8.83. The van der Waals surface area contributed by atoms with Gasteiger partial charge in [0.1, 0.15) is 6.04 Å². The highest BCUT2D eigenvalue weighted by molar-refractivity contribution is 5.87. The second kappa shape index (κ2) is 3.74. The molecule has 0 bridgehead atoms. The maximum absolute atomic E-state index is 12.1. The number of nitrogens with one attached hydrogen (secondary N) is 2. The molecule has 0 radical (unpaired) electrons. The topological polar surface area (TPSA) is 41.1 Å². The van der Waals surface area contributed by atoms with Crippen molar-refractivity contribution < 1.29 is 4.79 Å². The molecule has 2 saturated carbocycles. The fraction of sp³-hybridized carbons (Fsp3) is 0.533. The van der Waals surface area contributed by atoms with Gasteiger partial charge in [-0.05, 0) is 54.7 Å². The van der Waals surface area contributed by atoms with Gasteiger partial charge in [0.2, 0.25) is 5.91 Å². The minimum absolute atomic E-state index is 0.0132. The Bertz CT molecular complexity index is 503. The predicted octanol–water partition coefficient (Wildman–Crippen LogP) is 2.38. The molecule has 18 heavy (non-hydrogen) atoms. The minimum atomic E-state index is -0.0132. The number of anilines is 1. The molecule has 0 saturated heterocycles. The Kier molecular flexibility index (Phi) is 2.16. The highest BCUT2D eigenvalue weighted by Crippen LogP contribution is 2.44. The van der Waals surface area contributed by atoms with E-state index in [2.05, 4.69) is 28.8 Å². The lowest BCUT2D eigenvalue weighted by molar-refractivity contribution is -0.122. The molecule has 0 aromatic heterocycles. The number of carbonyl (C=O) groups excluding carboxylic acids is 1. The highest BCUT2D eigenvalue weighted by Gasteiger charge is 2.38. The first kappa shape index (κ1) is 10.4. The van der Waals surface area contributed by atoms with Gasteiger partial charge in [0.15, 0.2) is 0 Å². The van der Waals surface area contributed by atoms with E-state index in [4.69, 9.17) is 0 Å². The number of benzene rings is 1. The average molecular weight is 242 g/mol. The van der Waals surface area contributed by atoms with Crippen LogP contribution in [0.2, 0.25) is 0 Å². The molecule has 1 amide bonds. The van der Waals surface area contributed by atoms with E-state index in [-0.39, 0.29) is 11.9 Å². The second-order valence-electron chi connectivity index (χ2n) is 5.82. The number of hydrogen-bond donors (Lipinski definition) is 2. The molecule has 4 rings (SSSR count). The van der Waals surface area contributed by atoms with Gasteiger partial charge in [0.05, 0.1) is 0 Å². The number of carbonyl (C=O) groups is 1. The van der Waals surface area contributed by atoms with E-state index in [1.54, 1.807) is 0 Å². The van der Waals surface area contributed by atoms with Crippen molar-refractivity contribution >= 4 is 11.6 Å². The van der Waals surface area contributed by atoms with Crippen molar-refractivity contribution in [2.75, 3.05) is 5.32 Å². The van der Waals surface area contributed by atoms with E-state index >= 15 is 0 Å². The van der Waals surface area contributed by atoms with Crippen LogP contribution in [0.1, 0.15) is 42.7 Å². The first-order valence-corrected chi connectivity index (χ1v) is 6.99. The number of fused-ring (bicyclic) bond motifs is 1. The summed E-state index contributed by atoms with van der Waals surface area (Å²) in [6.45, 7) is 0.692. The maximum atomic E-state index is 12.1. The molecule has 94 valence electrons. The van der Waals surface area contributed by atoms with E-state index in [0.29, 0.717) is 12.5 Å². The van der Waals surface area contributed by atoms with Crippen LogP contribution in [-0.2, 0) is 11.3 Å². The molecule has 1 aromatic carbocycles. The van der Waals surface area contributed by atoms with Gasteiger partial charge in [-0.2, -0.15) is 0 Å². The molecule has 3 nitrogen and oxygen atoms in total. The van der Waals surface area contributed by atoms with Crippen molar-refractivity contribution in [1.82, 2.24) is 5.32 Å². The van der Waals surface area contributed by atoms with Crippen LogP contribution in [0.15, 0.2) is 18.2 Å². The van der Waals surface area contributed by atoms with Crippen LogP contribution in [0, 0.1) is 5.92 Å². The molecule has 1 aliphatic heterocycles. The Balaban J connectivity index is 1.72. The number of amides is 1. The molecular weight excluding hydrogens is 224 g/mol. The lowest BCUT2D eigenvalue weighted by Crippen LogP contribution is -2.38. The van der Waals surface area contributed by atoms with Gasteiger partial charge < -0.3 is 10.6 Å². The summed E-state index contributed by atoms with van der Waals surface area (Å²) in [5, 5.41) is 6.58. The van der Waals surface area contributed by atoms with Crippen LogP contribution in [0.25, 0.3) is 0 Å². The van der Waals surface area contributed by atoms with Crippen molar-refractivity contribution in [2.24, 2.45) is 5.92 Å². The van der Waals surface area contributed by atoms with E-state index in [0.717, 1.165) is 5.92 Å². The maximum Gasteiger partial charge on any atom is 0.243 e. The largest absolute Gasteiger partial charge is 0.373 e. The van der Waals surface area contributed by atoms with E-state index in [1.807, 2.05) is 0 Å². The smallest absolute Gasteiger partial charge is 0.243 e. The Morgan fingerprint density at radius 1 is 1.11 bits per heavy atom. The zero-order valence-electron chi connectivity index (χ0n) is 10.4. The summed E-state index contributed by atoms with van der Waals surface area (Å²) in [7, 11) is 0. The molecule has 1 aromatic rings. The van der Waals surface area contributed by atoms with Crippen molar-refractivity contribution in [3.63, 3.8) is 0 Å². The normalized spacial score (nSPS) is 26.9. The summed E-state index contributed by atoms with van der Waals surface area (Å²) in [6.07, 6.45) is 4.97. The van der Waals surface area contributed by atoms with Gasteiger partial charge in [0, 0.05) is 12.2 Å². The second-order valence-corrected chi connectivity index (χ2v) is 5.82. The third-order valence-electron chi connectivity index (χ3n) is 4.36. The summed E-state index contributed by atoms with van der Waals surface area (Å²) in [5.74, 6) is 1.45. The van der Waals surface area contributed by atoms with Crippen LogP contribution in [0.5, 0.6) is 0 Å². The summed E-state index contributed by atoms with van der Waals surface area (Å²) in [5.41, 5.74) is 3.93. The quantitative estimate of drug-likeness (QED) is 0.836. The third kappa shape index (κ3) is 1.69. The van der Waals surface area contributed by atoms with Gasteiger partial charge in [-0.3, -0.25) is 4.79 Å². The molecular formula is C15H18N2O. The molecule has 1 atom stereocenters. The summed E-state index contributed by atoms with van der Waals surface area (Å²) >= 11 is 0. The summed E-state index contributed by atoms with van der Waals surface area (Å²) in [4.78, 5) is 12.1. The van der Waals surface area contributed by atoms with Crippen LogP contribution < -0.4 is 10.6 Å². The SMILES string of the molecule is O=C1NCc2c(cccc2C2CC2)NC1C1CC1. The average Bonchev–Trinajstić information content (AvgIpc) is 3.24. The van der Waals surface area contributed by atoms with Crippen molar-refractivity contribution in [3.8, 4) is 0 Å². The summed E-state index contributed by atoms with van der Waals surface area (Å²) in [6, 6.07) is 6.46. The number of rotatable bonds is 2. The fourth-order valence-corrected chi connectivity index (χ4v) is 2.99. The molecule has 2 aliphatic carbocycles. The van der Waals surface area contributed by atoms with Gasteiger partial charge in [-0.1, -0.05) is 12.1 Å². The molecule has 0 spiro atoms. The summed E-state index contributed by atoms with van der Waals surface area (Å²) < 4.78 is 0. The minimum Gasteiger partial charge on any atom is -0.373 e. The van der Waals surface area contributed by atoms with Crippen LogP contribution in [0.4, 0.5) is 5.69 Å². The van der Waals surface area contributed by atoms with Crippen molar-refractivity contribution in [3.05, 3.63) is 29.3 Å².